The molecular formula is C15H14BrF2NO. The molecule has 0 amide bonds. The summed E-state index contributed by atoms with van der Waals surface area (Å²) in [5, 5.41) is 0. The van der Waals surface area contributed by atoms with E-state index >= 15 is 0 Å². The van der Waals surface area contributed by atoms with Crippen molar-refractivity contribution < 1.29 is 13.5 Å². The fourth-order valence-electron chi connectivity index (χ4n) is 1.78. The molecule has 5 heteroatoms. The van der Waals surface area contributed by atoms with Gasteiger partial charge in [0, 0.05) is 10.0 Å². The maximum Gasteiger partial charge on any atom is 0.165 e. The van der Waals surface area contributed by atoms with Crippen LogP contribution in [-0.4, -0.2) is 6.54 Å². The summed E-state index contributed by atoms with van der Waals surface area (Å²) in [4.78, 5) is 0. The van der Waals surface area contributed by atoms with Crippen LogP contribution in [0.15, 0.2) is 40.9 Å². The normalized spacial score (nSPS) is 10.6. The highest BCUT2D eigenvalue weighted by atomic mass is 79.9. The molecule has 106 valence electrons. The quantitative estimate of drug-likeness (QED) is 0.897. The van der Waals surface area contributed by atoms with Crippen molar-refractivity contribution in [3.05, 3.63) is 63.6 Å². The lowest BCUT2D eigenvalue weighted by molar-refractivity contribution is 0.284. The van der Waals surface area contributed by atoms with Crippen molar-refractivity contribution in [2.24, 2.45) is 5.73 Å². The van der Waals surface area contributed by atoms with Crippen molar-refractivity contribution >= 4 is 15.9 Å². The SMILES string of the molecule is NCCc1ccc(OCc2ccc(Br)cc2F)c(F)c1. The highest BCUT2D eigenvalue weighted by Crippen LogP contribution is 2.21. The molecule has 2 nitrogen and oxygen atoms in total. The van der Waals surface area contributed by atoms with Gasteiger partial charge in [0.25, 0.3) is 0 Å². The second-order valence-electron chi connectivity index (χ2n) is 4.33. The van der Waals surface area contributed by atoms with Crippen molar-refractivity contribution in [3.8, 4) is 5.75 Å². The first kappa shape index (κ1) is 14.9. The third-order valence-electron chi connectivity index (χ3n) is 2.83. The number of rotatable bonds is 5. The summed E-state index contributed by atoms with van der Waals surface area (Å²) in [6.45, 7) is 0.440. The molecule has 2 aromatic carbocycles. The van der Waals surface area contributed by atoms with E-state index in [1.807, 2.05) is 0 Å². The molecule has 0 aliphatic heterocycles. The van der Waals surface area contributed by atoms with Crippen molar-refractivity contribution in [3.63, 3.8) is 0 Å². The van der Waals surface area contributed by atoms with Gasteiger partial charge >= 0.3 is 0 Å². The molecule has 0 spiro atoms. The van der Waals surface area contributed by atoms with Crippen molar-refractivity contribution in [2.75, 3.05) is 6.54 Å². The number of nitrogens with two attached hydrogens (primary N) is 1. The molecule has 0 radical (unpaired) electrons. The van der Waals surface area contributed by atoms with Gasteiger partial charge in [-0.1, -0.05) is 28.1 Å². The fraction of sp³-hybridized carbons (Fsp3) is 0.200. The first-order chi connectivity index (χ1) is 9.60. The monoisotopic (exact) mass is 341 g/mol. The number of hydrogen-bond acceptors (Lipinski definition) is 2. The van der Waals surface area contributed by atoms with Crippen LogP contribution in [0.5, 0.6) is 5.75 Å². The molecule has 0 bridgehead atoms. The summed E-state index contributed by atoms with van der Waals surface area (Å²) in [6, 6.07) is 9.34. The summed E-state index contributed by atoms with van der Waals surface area (Å²) in [7, 11) is 0. The van der Waals surface area contributed by atoms with Gasteiger partial charge in [0.05, 0.1) is 0 Å². The number of halogens is 3. The fourth-order valence-corrected chi connectivity index (χ4v) is 2.11. The first-order valence-electron chi connectivity index (χ1n) is 6.15. The van der Waals surface area contributed by atoms with Gasteiger partial charge in [-0.15, -0.1) is 0 Å². The summed E-state index contributed by atoms with van der Waals surface area (Å²) in [5.41, 5.74) is 6.60. The van der Waals surface area contributed by atoms with Gasteiger partial charge in [0.2, 0.25) is 0 Å². The molecule has 0 saturated carbocycles. The van der Waals surface area contributed by atoms with Crippen LogP contribution in [0.3, 0.4) is 0 Å². The van der Waals surface area contributed by atoms with Crippen LogP contribution in [0.25, 0.3) is 0 Å². The van der Waals surface area contributed by atoms with E-state index in [1.54, 1.807) is 18.2 Å². The summed E-state index contributed by atoms with van der Waals surface area (Å²) >= 11 is 3.18. The number of ether oxygens (including phenoxy) is 1. The Bertz CT molecular complexity index is 604. The van der Waals surface area contributed by atoms with Crippen LogP contribution in [-0.2, 0) is 13.0 Å². The minimum Gasteiger partial charge on any atom is -0.486 e. The van der Waals surface area contributed by atoms with Gasteiger partial charge in [-0.3, -0.25) is 0 Å². The molecular weight excluding hydrogens is 328 g/mol. The Labute approximate surface area is 124 Å². The highest BCUT2D eigenvalue weighted by Gasteiger charge is 2.08. The Balaban J connectivity index is 2.07. The molecule has 20 heavy (non-hydrogen) atoms. The summed E-state index contributed by atoms with van der Waals surface area (Å²) < 4.78 is 33.3. The second kappa shape index (κ2) is 6.81. The minimum atomic E-state index is -0.464. The molecule has 0 atom stereocenters. The lowest BCUT2D eigenvalue weighted by atomic mass is 10.1. The van der Waals surface area contributed by atoms with E-state index in [1.165, 1.54) is 18.2 Å². The maximum absolute atomic E-state index is 13.8. The molecule has 0 saturated heterocycles. The number of benzene rings is 2. The average molecular weight is 342 g/mol. The molecule has 0 unspecified atom stereocenters. The van der Waals surface area contributed by atoms with Crippen LogP contribution in [0.4, 0.5) is 8.78 Å². The van der Waals surface area contributed by atoms with Crippen molar-refractivity contribution in [1.82, 2.24) is 0 Å². The zero-order valence-electron chi connectivity index (χ0n) is 10.7. The van der Waals surface area contributed by atoms with Gasteiger partial charge in [-0.2, -0.15) is 0 Å². The second-order valence-corrected chi connectivity index (χ2v) is 5.24. The van der Waals surface area contributed by atoms with Crippen LogP contribution in [0.1, 0.15) is 11.1 Å². The molecule has 2 N–H and O–H groups in total. The largest absolute Gasteiger partial charge is 0.486 e. The first-order valence-corrected chi connectivity index (χ1v) is 6.94. The maximum atomic E-state index is 13.8. The topological polar surface area (TPSA) is 35.2 Å². The molecule has 0 aliphatic rings. The smallest absolute Gasteiger partial charge is 0.165 e. The molecule has 0 aliphatic carbocycles. The van der Waals surface area contributed by atoms with Crippen molar-refractivity contribution in [2.45, 2.75) is 13.0 Å². The Morgan fingerprint density at radius 2 is 1.85 bits per heavy atom. The van der Waals surface area contributed by atoms with Crippen LogP contribution < -0.4 is 10.5 Å². The average Bonchev–Trinajstić information content (AvgIpc) is 2.40. The van der Waals surface area contributed by atoms with Crippen LogP contribution >= 0.6 is 15.9 Å². The van der Waals surface area contributed by atoms with Crippen LogP contribution in [0.2, 0.25) is 0 Å². The van der Waals surface area contributed by atoms with Crippen molar-refractivity contribution in [1.29, 1.82) is 0 Å². The molecule has 0 heterocycles. The van der Waals surface area contributed by atoms with E-state index < -0.39 is 5.82 Å². The zero-order chi connectivity index (χ0) is 14.5. The summed E-state index contributed by atoms with van der Waals surface area (Å²) in [5.74, 6) is -0.749. The van der Waals surface area contributed by atoms with E-state index in [4.69, 9.17) is 10.5 Å². The number of hydrogen-bond donors (Lipinski definition) is 1. The lowest BCUT2D eigenvalue weighted by Gasteiger charge is -2.09. The molecule has 2 rings (SSSR count). The Morgan fingerprint density at radius 3 is 2.50 bits per heavy atom. The Kier molecular flexibility index (Phi) is 5.09. The summed E-state index contributed by atoms with van der Waals surface area (Å²) in [6.07, 6.45) is 0.610. The van der Waals surface area contributed by atoms with Gasteiger partial charge in [-0.05, 0) is 42.8 Å². The van der Waals surface area contributed by atoms with Gasteiger partial charge < -0.3 is 10.5 Å². The molecule has 0 aromatic heterocycles. The lowest BCUT2D eigenvalue weighted by Crippen LogP contribution is -2.04. The van der Waals surface area contributed by atoms with E-state index in [0.717, 1.165) is 5.56 Å². The Hall–Kier alpha value is -1.46. The predicted octanol–water partition coefficient (Wildman–Crippen LogP) is 3.81. The van der Waals surface area contributed by atoms with Gasteiger partial charge in [0.15, 0.2) is 11.6 Å². The van der Waals surface area contributed by atoms with E-state index in [0.29, 0.717) is 23.0 Å². The van der Waals surface area contributed by atoms with Crippen LogP contribution in [0, 0.1) is 11.6 Å². The minimum absolute atomic E-state index is 0.0216. The van der Waals surface area contributed by atoms with Gasteiger partial charge in [-0.25, -0.2) is 8.78 Å². The van der Waals surface area contributed by atoms with Gasteiger partial charge in [0.1, 0.15) is 12.4 Å². The zero-order valence-corrected chi connectivity index (χ0v) is 12.3. The molecule has 2 aromatic rings. The van der Waals surface area contributed by atoms with E-state index in [9.17, 15) is 8.78 Å². The van der Waals surface area contributed by atoms with E-state index in [-0.39, 0.29) is 18.2 Å². The third-order valence-corrected chi connectivity index (χ3v) is 3.32. The highest BCUT2D eigenvalue weighted by molar-refractivity contribution is 9.10. The predicted molar refractivity (Wildman–Crippen MR) is 77.6 cm³/mol. The third kappa shape index (κ3) is 3.77. The molecule has 0 fully saturated rings. The van der Waals surface area contributed by atoms with E-state index in [2.05, 4.69) is 15.9 Å². The Morgan fingerprint density at radius 1 is 1.05 bits per heavy atom. The standard InChI is InChI=1S/C15H14BrF2NO/c16-12-3-2-11(13(17)8-12)9-20-15-4-1-10(5-6-19)7-14(15)18/h1-4,7-8H,5-6,9,19H2.